The summed E-state index contributed by atoms with van der Waals surface area (Å²) in [6.45, 7) is 7.04. The molecule has 0 spiro atoms. The van der Waals surface area contributed by atoms with Gasteiger partial charge in [-0.2, -0.15) is 0 Å². The molecule has 0 saturated carbocycles. The van der Waals surface area contributed by atoms with E-state index in [9.17, 15) is 9.59 Å². The van der Waals surface area contributed by atoms with E-state index in [1.54, 1.807) is 28.8 Å². The van der Waals surface area contributed by atoms with E-state index in [0.29, 0.717) is 51.8 Å². The molecule has 0 aliphatic rings. The van der Waals surface area contributed by atoms with E-state index in [1.165, 1.54) is 0 Å². The molecule has 1 heterocycles. The molecule has 1 amide bonds. The SMILES string of the molecule is CCCCN(C(=O)c1ccc(Cl)c(Cl)c1)C(CC)c1nc2ccccc2c(=O)n1CC. The third-order valence-corrected chi connectivity index (χ3v) is 6.19. The van der Waals surface area contributed by atoms with Crippen LogP contribution in [-0.2, 0) is 6.54 Å². The molecule has 2 aromatic carbocycles. The third kappa shape index (κ3) is 4.78. The minimum absolute atomic E-state index is 0.0843. The number of para-hydroxylation sites is 1. The molecule has 1 aromatic heterocycles. The molecule has 0 aliphatic heterocycles. The average Bonchev–Trinajstić information content (AvgIpc) is 2.78. The van der Waals surface area contributed by atoms with Gasteiger partial charge in [0.25, 0.3) is 11.5 Å². The van der Waals surface area contributed by atoms with Crippen LogP contribution in [0.1, 0.15) is 62.3 Å². The van der Waals surface area contributed by atoms with Crippen LogP contribution in [-0.4, -0.2) is 26.9 Å². The monoisotopic (exact) mass is 459 g/mol. The summed E-state index contributed by atoms with van der Waals surface area (Å²) in [5.74, 6) is 0.460. The first kappa shape index (κ1) is 23.3. The largest absolute Gasteiger partial charge is 0.328 e. The summed E-state index contributed by atoms with van der Waals surface area (Å²) in [5, 5.41) is 1.32. The zero-order valence-corrected chi connectivity index (χ0v) is 19.6. The first-order valence-electron chi connectivity index (χ1n) is 10.7. The Labute approximate surface area is 192 Å². The Morgan fingerprint density at radius 1 is 1.10 bits per heavy atom. The molecular weight excluding hydrogens is 433 g/mol. The van der Waals surface area contributed by atoms with Crippen LogP contribution in [0.3, 0.4) is 0 Å². The van der Waals surface area contributed by atoms with Crippen LogP contribution < -0.4 is 5.56 Å². The number of amides is 1. The number of benzene rings is 2. The number of unbranched alkanes of at least 4 members (excludes halogenated alkanes) is 1. The molecule has 164 valence electrons. The van der Waals surface area contributed by atoms with Crippen molar-refractivity contribution in [2.75, 3.05) is 6.54 Å². The van der Waals surface area contributed by atoms with E-state index in [4.69, 9.17) is 28.2 Å². The Kier molecular flexibility index (Phi) is 7.74. The van der Waals surface area contributed by atoms with Gasteiger partial charge in [0, 0.05) is 18.7 Å². The summed E-state index contributed by atoms with van der Waals surface area (Å²) in [4.78, 5) is 33.3. The van der Waals surface area contributed by atoms with Crippen molar-refractivity contribution in [3.8, 4) is 0 Å². The summed E-state index contributed by atoms with van der Waals surface area (Å²) < 4.78 is 1.68. The summed E-state index contributed by atoms with van der Waals surface area (Å²) in [6, 6.07) is 11.9. The van der Waals surface area contributed by atoms with Gasteiger partial charge in [0.05, 0.1) is 27.0 Å². The Balaban J connectivity index is 2.14. The number of aromatic nitrogens is 2. The van der Waals surface area contributed by atoms with E-state index in [-0.39, 0.29) is 17.5 Å². The quantitative estimate of drug-likeness (QED) is 0.407. The van der Waals surface area contributed by atoms with Crippen molar-refractivity contribution >= 4 is 40.0 Å². The second-order valence-electron chi connectivity index (χ2n) is 7.44. The molecule has 1 unspecified atom stereocenters. The first-order valence-corrected chi connectivity index (χ1v) is 11.4. The number of hydrogen-bond donors (Lipinski definition) is 0. The maximum absolute atomic E-state index is 13.5. The van der Waals surface area contributed by atoms with Crippen LogP contribution in [0, 0.1) is 0 Å². The zero-order chi connectivity index (χ0) is 22.5. The number of rotatable bonds is 8. The molecular formula is C24H27Cl2N3O2. The van der Waals surface area contributed by atoms with Crippen LogP contribution in [0.4, 0.5) is 0 Å². The predicted molar refractivity (Wildman–Crippen MR) is 127 cm³/mol. The Morgan fingerprint density at radius 2 is 1.84 bits per heavy atom. The number of fused-ring (bicyclic) bond motifs is 1. The zero-order valence-electron chi connectivity index (χ0n) is 18.1. The van der Waals surface area contributed by atoms with Crippen molar-refractivity contribution in [2.24, 2.45) is 0 Å². The highest BCUT2D eigenvalue weighted by atomic mass is 35.5. The van der Waals surface area contributed by atoms with Crippen LogP contribution in [0.15, 0.2) is 47.3 Å². The smallest absolute Gasteiger partial charge is 0.261 e. The Hall–Kier alpha value is -2.37. The van der Waals surface area contributed by atoms with Crippen molar-refractivity contribution in [1.29, 1.82) is 0 Å². The van der Waals surface area contributed by atoms with E-state index < -0.39 is 0 Å². The van der Waals surface area contributed by atoms with Gasteiger partial charge < -0.3 is 4.90 Å². The molecule has 0 radical (unpaired) electrons. The molecule has 31 heavy (non-hydrogen) atoms. The summed E-state index contributed by atoms with van der Waals surface area (Å²) in [5.41, 5.74) is 1.03. The van der Waals surface area contributed by atoms with Crippen molar-refractivity contribution in [3.63, 3.8) is 0 Å². The van der Waals surface area contributed by atoms with Crippen molar-refractivity contribution < 1.29 is 4.79 Å². The second kappa shape index (κ2) is 10.3. The number of carbonyl (C=O) groups is 1. The fourth-order valence-electron chi connectivity index (χ4n) is 3.81. The maximum atomic E-state index is 13.5. The van der Waals surface area contributed by atoms with Gasteiger partial charge in [0.15, 0.2) is 0 Å². The number of carbonyl (C=O) groups excluding carboxylic acids is 1. The molecule has 0 aliphatic carbocycles. The predicted octanol–water partition coefficient (Wildman–Crippen LogP) is 6.12. The molecule has 3 rings (SSSR count). The molecule has 3 aromatic rings. The Bertz CT molecular complexity index is 1140. The topological polar surface area (TPSA) is 55.2 Å². The van der Waals surface area contributed by atoms with Crippen LogP contribution >= 0.6 is 23.2 Å². The fourth-order valence-corrected chi connectivity index (χ4v) is 4.11. The van der Waals surface area contributed by atoms with E-state index in [2.05, 4.69) is 6.92 Å². The molecule has 0 saturated heterocycles. The molecule has 7 heteroatoms. The lowest BCUT2D eigenvalue weighted by Crippen LogP contribution is -2.39. The van der Waals surface area contributed by atoms with Gasteiger partial charge in [0.2, 0.25) is 0 Å². The molecule has 5 nitrogen and oxygen atoms in total. The van der Waals surface area contributed by atoms with E-state index in [0.717, 1.165) is 12.8 Å². The lowest BCUT2D eigenvalue weighted by Gasteiger charge is -2.32. The van der Waals surface area contributed by atoms with Crippen molar-refractivity contribution in [3.05, 3.63) is 74.3 Å². The van der Waals surface area contributed by atoms with Crippen LogP contribution in [0.25, 0.3) is 10.9 Å². The minimum Gasteiger partial charge on any atom is -0.328 e. The van der Waals surface area contributed by atoms with Gasteiger partial charge in [-0.15, -0.1) is 0 Å². The first-order chi connectivity index (χ1) is 14.9. The highest BCUT2D eigenvalue weighted by molar-refractivity contribution is 6.42. The minimum atomic E-state index is -0.342. The average molecular weight is 460 g/mol. The summed E-state index contributed by atoms with van der Waals surface area (Å²) >= 11 is 12.2. The lowest BCUT2D eigenvalue weighted by atomic mass is 10.1. The maximum Gasteiger partial charge on any atom is 0.261 e. The molecule has 0 N–H and O–H groups in total. The normalized spacial score (nSPS) is 12.2. The summed E-state index contributed by atoms with van der Waals surface area (Å²) in [7, 11) is 0. The van der Waals surface area contributed by atoms with Gasteiger partial charge in [-0.25, -0.2) is 4.98 Å². The number of nitrogens with zero attached hydrogens (tertiary/aromatic N) is 3. The molecule has 0 bridgehead atoms. The third-order valence-electron chi connectivity index (χ3n) is 5.45. The van der Waals surface area contributed by atoms with Crippen LogP contribution in [0.2, 0.25) is 10.0 Å². The highest BCUT2D eigenvalue weighted by Gasteiger charge is 2.29. The lowest BCUT2D eigenvalue weighted by molar-refractivity contribution is 0.0653. The number of hydrogen-bond acceptors (Lipinski definition) is 3. The van der Waals surface area contributed by atoms with Crippen molar-refractivity contribution in [1.82, 2.24) is 14.5 Å². The summed E-state index contributed by atoms with van der Waals surface area (Å²) in [6.07, 6.45) is 2.41. The van der Waals surface area contributed by atoms with Crippen LogP contribution in [0.5, 0.6) is 0 Å². The fraction of sp³-hybridized carbons (Fsp3) is 0.375. The molecule has 1 atom stereocenters. The van der Waals surface area contributed by atoms with E-state index in [1.807, 2.05) is 36.9 Å². The number of halogens is 2. The second-order valence-corrected chi connectivity index (χ2v) is 8.26. The van der Waals surface area contributed by atoms with Gasteiger partial charge in [-0.1, -0.05) is 55.6 Å². The standard InChI is InChI=1S/C24H27Cl2N3O2/c1-4-7-14-29(23(30)16-12-13-18(25)19(26)15-16)21(5-2)22-27-20-11-9-8-10-17(20)24(31)28(22)6-3/h8-13,15,21H,4-7,14H2,1-3H3. The van der Waals surface area contributed by atoms with Gasteiger partial charge in [-0.05, 0) is 50.1 Å². The van der Waals surface area contributed by atoms with Gasteiger partial charge in [-0.3, -0.25) is 14.2 Å². The van der Waals surface area contributed by atoms with Gasteiger partial charge in [0.1, 0.15) is 5.82 Å². The van der Waals surface area contributed by atoms with Gasteiger partial charge >= 0.3 is 0 Å². The highest BCUT2D eigenvalue weighted by Crippen LogP contribution is 2.28. The van der Waals surface area contributed by atoms with E-state index >= 15 is 0 Å². The molecule has 0 fully saturated rings. The Morgan fingerprint density at radius 3 is 2.48 bits per heavy atom. The van der Waals surface area contributed by atoms with Crippen molar-refractivity contribution in [2.45, 2.75) is 52.6 Å².